The van der Waals surface area contributed by atoms with Gasteiger partial charge in [0.25, 0.3) is 0 Å². The van der Waals surface area contributed by atoms with Gasteiger partial charge in [-0.25, -0.2) is 14.8 Å². The predicted octanol–water partition coefficient (Wildman–Crippen LogP) is 3.30. The van der Waals surface area contributed by atoms with Crippen molar-refractivity contribution in [2.45, 2.75) is 18.9 Å². The second kappa shape index (κ2) is 8.61. The fraction of sp³-hybridized carbons (Fsp3) is 0.375. The van der Waals surface area contributed by atoms with Gasteiger partial charge in [0.15, 0.2) is 5.82 Å². The molecule has 5 rings (SSSR count). The largest absolute Gasteiger partial charge is 0.478 e. The van der Waals surface area contributed by atoms with Crippen LogP contribution in [0.1, 0.15) is 23.2 Å². The number of anilines is 1. The van der Waals surface area contributed by atoms with Crippen LogP contribution in [0.5, 0.6) is 0 Å². The second-order valence-corrected chi connectivity index (χ2v) is 8.14. The number of benzene rings is 2. The van der Waals surface area contributed by atoms with Crippen molar-refractivity contribution < 1.29 is 14.6 Å². The van der Waals surface area contributed by atoms with E-state index in [1.807, 2.05) is 30.3 Å². The third-order valence-electron chi connectivity index (χ3n) is 6.27. The summed E-state index contributed by atoms with van der Waals surface area (Å²) < 4.78 is 5.50. The molecule has 160 valence electrons. The third kappa shape index (κ3) is 4.11. The first kappa shape index (κ1) is 19.9. The minimum atomic E-state index is -0.959. The molecule has 0 aliphatic carbocycles. The van der Waals surface area contributed by atoms with Crippen molar-refractivity contribution in [3.05, 3.63) is 54.1 Å². The standard InChI is InChI=1S/C24H26N4O3/c29-24(30)18-6-7-20-21(16-18)25-22(17-4-2-1-3-5-17)23(26-20)28-10-8-19(9-11-28)27-12-14-31-15-13-27/h1-7,16,19H,8-15H2,(H,29,30). The Balaban J connectivity index is 1.48. The van der Waals surface area contributed by atoms with Gasteiger partial charge in [0.1, 0.15) is 5.69 Å². The molecular formula is C24H26N4O3. The minimum Gasteiger partial charge on any atom is -0.478 e. The van der Waals surface area contributed by atoms with Crippen molar-refractivity contribution in [1.82, 2.24) is 14.9 Å². The molecular weight excluding hydrogens is 392 g/mol. The van der Waals surface area contributed by atoms with E-state index >= 15 is 0 Å². The lowest BCUT2D eigenvalue weighted by Gasteiger charge is -2.40. The molecule has 0 atom stereocenters. The van der Waals surface area contributed by atoms with Gasteiger partial charge in [-0.1, -0.05) is 30.3 Å². The number of carboxylic acids is 1. The van der Waals surface area contributed by atoms with E-state index in [1.165, 1.54) is 0 Å². The summed E-state index contributed by atoms with van der Waals surface area (Å²) in [5, 5.41) is 9.35. The van der Waals surface area contributed by atoms with Crippen LogP contribution in [0.25, 0.3) is 22.3 Å². The van der Waals surface area contributed by atoms with Crippen LogP contribution >= 0.6 is 0 Å². The van der Waals surface area contributed by atoms with Crippen LogP contribution in [0.3, 0.4) is 0 Å². The molecule has 2 fully saturated rings. The Morgan fingerprint density at radius 1 is 0.935 bits per heavy atom. The molecule has 1 N–H and O–H groups in total. The molecule has 2 aliphatic rings. The van der Waals surface area contributed by atoms with E-state index in [2.05, 4.69) is 9.80 Å². The maximum absolute atomic E-state index is 11.4. The number of aromatic nitrogens is 2. The zero-order valence-electron chi connectivity index (χ0n) is 17.4. The van der Waals surface area contributed by atoms with Gasteiger partial charge >= 0.3 is 5.97 Å². The summed E-state index contributed by atoms with van der Waals surface area (Å²) in [5.74, 6) is -0.0820. The summed E-state index contributed by atoms with van der Waals surface area (Å²) in [6, 6.07) is 15.6. The Bertz CT molecular complexity index is 1070. The van der Waals surface area contributed by atoms with E-state index < -0.39 is 5.97 Å². The number of carboxylic acid groups (broad SMARTS) is 1. The molecule has 0 unspecified atom stereocenters. The van der Waals surface area contributed by atoms with Gasteiger partial charge < -0.3 is 14.7 Å². The van der Waals surface area contributed by atoms with Crippen LogP contribution in [0, 0.1) is 0 Å². The number of carbonyl (C=O) groups is 1. The third-order valence-corrected chi connectivity index (χ3v) is 6.27. The topological polar surface area (TPSA) is 78.8 Å². The lowest BCUT2D eigenvalue weighted by Crippen LogP contribution is -2.49. The van der Waals surface area contributed by atoms with Gasteiger partial charge in [0, 0.05) is 37.8 Å². The zero-order chi connectivity index (χ0) is 21.2. The van der Waals surface area contributed by atoms with E-state index in [0.29, 0.717) is 11.6 Å². The Morgan fingerprint density at radius 2 is 1.68 bits per heavy atom. The maximum Gasteiger partial charge on any atom is 0.335 e. The summed E-state index contributed by atoms with van der Waals surface area (Å²) >= 11 is 0. The van der Waals surface area contributed by atoms with Crippen molar-refractivity contribution in [1.29, 1.82) is 0 Å². The Morgan fingerprint density at radius 3 is 2.39 bits per heavy atom. The summed E-state index contributed by atoms with van der Waals surface area (Å²) in [5.41, 5.74) is 3.34. The Hall–Kier alpha value is -3.03. The number of morpholine rings is 1. The Kier molecular flexibility index (Phi) is 5.53. The molecule has 0 bridgehead atoms. The SMILES string of the molecule is O=C(O)c1ccc2nc(N3CCC(N4CCOCC4)CC3)c(-c3ccccc3)nc2c1. The van der Waals surface area contributed by atoms with Crippen LogP contribution < -0.4 is 4.90 Å². The molecule has 0 radical (unpaired) electrons. The van der Waals surface area contributed by atoms with Gasteiger partial charge in [-0.2, -0.15) is 0 Å². The molecule has 0 amide bonds. The number of aromatic carboxylic acids is 1. The van der Waals surface area contributed by atoms with Crippen molar-refractivity contribution >= 4 is 22.8 Å². The summed E-state index contributed by atoms with van der Waals surface area (Å²) in [6.07, 6.45) is 2.18. The van der Waals surface area contributed by atoms with Crippen molar-refractivity contribution in [2.75, 3.05) is 44.3 Å². The van der Waals surface area contributed by atoms with Crippen LogP contribution in [-0.4, -0.2) is 71.4 Å². The summed E-state index contributed by atoms with van der Waals surface area (Å²) in [6.45, 7) is 5.54. The molecule has 2 saturated heterocycles. The van der Waals surface area contributed by atoms with E-state index in [-0.39, 0.29) is 5.56 Å². The number of nitrogens with zero attached hydrogens (tertiary/aromatic N) is 4. The van der Waals surface area contributed by atoms with E-state index in [4.69, 9.17) is 14.7 Å². The van der Waals surface area contributed by atoms with Gasteiger partial charge in [-0.05, 0) is 31.0 Å². The van der Waals surface area contributed by atoms with Crippen molar-refractivity contribution in [3.63, 3.8) is 0 Å². The normalized spacial score (nSPS) is 18.4. The smallest absolute Gasteiger partial charge is 0.335 e. The highest BCUT2D eigenvalue weighted by Crippen LogP contribution is 2.32. The minimum absolute atomic E-state index is 0.222. The molecule has 3 heterocycles. The van der Waals surface area contributed by atoms with Crippen molar-refractivity contribution in [2.24, 2.45) is 0 Å². The summed E-state index contributed by atoms with van der Waals surface area (Å²) in [7, 11) is 0. The van der Waals surface area contributed by atoms with Crippen molar-refractivity contribution in [3.8, 4) is 11.3 Å². The molecule has 2 aromatic carbocycles. The van der Waals surface area contributed by atoms with Gasteiger partial charge in [-0.3, -0.25) is 4.90 Å². The highest BCUT2D eigenvalue weighted by atomic mass is 16.5. The van der Waals surface area contributed by atoms with Gasteiger partial charge in [-0.15, -0.1) is 0 Å². The number of hydrogen-bond donors (Lipinski definition) is 1. The van der Waals surface area contributed by atoms with Crippen LogP contribution in [-0.2, 0) is 4.74 Å². The average Bonchev–Trinajstić information content (AvgIpc) is 2.84. The summed E-state index contributed by atoms with van der Waals surface area (Å²) in [4.78, 5) is 26.1. The zero-order valence-corrected chi connectivity index (χ0v) is 17.4. The number of rotatable bonds is 4. The number of ether oxygens (including phenoxy) is 1. The molecule has 2 aliphatic heterocycles. The highest BCUT2D eigenvalue weighted by Gasteiger charge is 2.28. The van der Waals surface area contributed by atoms with E-state index in [1.54, 1.807) is 18.2 Å². The fourth-order valence-electron chi connectivity index (χ4n) is 4.57. The quantitative estimate of drug-likeness (QED) is 0.696. The molecule has 0 spiro atoms. The van der Waals surface area contributed by atoms with E-state index in [9.17, 15) is 9.90 Å². The number of piperidine rings is 1. The molecule has 1 aromatic heterocycles. The number of hydrogen-bond acceptors (Lipinski definition) is 6. The first-order valence-electron chi connectivity index (χ1n) is 10.9. The molecule has 3 aromatic rings. The average molecular weight is 418 g/mol. The fourth-order valence-corrected chi connectivity index (χ4v) is 4.57. The molecule has 0 saturated carbocycles. The van der Waals surface area contributed by atoms with Crippen LogP contribution in [0.2, 0.25) is 0 Å². The van der Waals surface area contributed by atoms with Crippen LogP contribution in [0.15, 0.2) is 48.5 Å². The second-order valence-electron chi connectivity index (χ2n) is 8.14. The van der Waals surface area contributed by atoms with Gasteiger partial charge in [0.05, 0.1) is 29.8 Å². The monoisotopic (exact) mass is 418 g/mol. The number of fused-ring (bicyclic) bond motifs is 1. The first-order chi connectivity index (χ1) is 15.2. The lowest BCUT2D eigenvalue weighted by molar-refractivity contribution is 0.0115. The predicted molar refractivity (Wildman–Crippen MR) is 120 cm³/mol. The maximum atomic E-state index is 11.4. The van der Waals surface area contributed by atoms with E-state index in [0.717, 1.165) is 74.8 Å². The van der Waals surface area contributed by atoms with Crippen LogP contribution in [0.4, 0.5) is 5.82 Å². The molecule has 7 nitrogen and oxygen atoms in total. The molecule has 7 heteroatoms. The molecule has 31 heavy (non-hydrogen) atoms. The lowest BCUT2D eigenvalue weighted by atomic mass is 10.0. The Labute approximate surface area is 181 Å². The first-order valence-corrected chi connectivity index (χ1v) is 10.9. The van der Waals surface area contributed by atoms with Gasteiger partial charge in [0.2, 0.25) is 0 Å². The highest BCUT2D eigenvalue weighted by molar-refractivity contribution is 5.93.